The molecule has 5 heteroatoms. The minimum absolute atomic E-state index is 0.0955. The highest BCUT2D eigenvalue weighted by Gasteiger charge is 2.18. The van der Waals surface area contributed by atoms with Crippen molar-refractivity contribution < 1.29 is 9.53 Å². The molecule has 0 radical (unpaired) electrons. The van der Waals surface area contributed by atoms with E-state index in [1.54, 1.807) is 11.0 Å². The Morgan fingerprint density at radius 2 is 2.15 bits per heavy atom. The first kappa shape index (κ1) is 15.1. The first-order chi connectivity index (χ1) is 9.56. The third-order valence-electron chi connectivity index (χ3n) is 3.66. The summed E-state index contributed by atoms with van der Waals surface area (Å²) in [7, 11) is 1.82. The van der Waals surface area contributed by atoms with Crippen molar-refractivity contribution in [2.24, 2.45) is 5.92 Å². The van der Waals surface area contributed by atoms with E-state index in [0.29, 0.717) is 10.9 Å². The first-order valence-corrected chi connectivity index (χ1v) is 7.30. The van der Waals surface area contributed by atoms with Crippen LogP contribution < -0.4 is 5.32 Å². The highest BCUT2D eigenvalue weighted by atomic mass is 35.5. The number of aryl methyl sites for hydroxylation is 1. The largest absolute Gasteiger partial charge is 0.381 e. The maximum absolute atomic E-state index is 12.2. The van der Waals surface area contributed by atoms with Crippen molar-refractivity contribution in [3.63, 3.8) is 0 Å². The van der Waals surface area contributed by atoms with Crippen molar-refractivity contribution in [3.8, 4) is 0 Å². The fraction of sp³-hybridized carbons (Fsp3) is 0.533. The molecule has 1 aliphatic heterocycles. The summed E-state index contributed by atoms with van der Waals surface area (Å²) in [4.78, 5) is 13.9. The lowest BCUT2D eigenvalue weighted by molar-refractivity contribution is 0.0592. The topological polar surface area (TPSA) is 41.6 Å². The van der Waals surface area contributed by atoms with Gasteiger partial charge in [-0.2, -0.15) is 0 Å². The molecule has 1 aliphatic rings. The Morgan fingerprint density at radius 3 is 2.85 bits per heavy atom. The number of hydrogen-bond acceptors (Lipinski definition) is 2. The summed E-state index contributed by atoms with van der Waals surface area (Å²) < 4.78 is 5.33. The summed E-state index contributed by atoms with van der Waals surface area (Å²) >= 11 is 5.96. The molecule has 2 amide bonds. The van der Waals surface area contributed by atoms with Crippen LogP contribution in [0.2, 0.25) is 5.02 Å². The Morgan fingerprint density at radius 1 is 1.45 bits per heavy atom. The lowest BCUT2D eigenvalue weighted by Gasteiger charge is -2.27. The van der Waals surface area contributed by atoms with Gasteiger partial charge in [-0.05, 0) is 43.4 Å². The number of nitrogens with one attached hydrogen (secondary N) is 1. The van der Waals surface area contributed by atoms with Gasteiger partial charge in [0.05, 0.1) is 0 Å². The van der Waals surface area contributed by atoms with Crippen LogP contribution in [-0.2, 0) is 4.74 Å². The maximum Gasteiger partial charge on any atom is 0.321 e. The molecule has 0 bridgehead atoms. The fourth-order valence-corrected chi connectivity index (χ4v) is 2.51. The number of urea groups is 1. The van der Waals surface area contributed by atoms with Gasteiger partial charge in [0.15, 0.2) is 0 Å². The quantitative estimate of drug-likeness (QED) is 0.927. The Bertz CT molecular complexity index is 473. The zero-order valence-corrected chi connectivity index (χ0v) is 12.7. The van der Waals surface area contributed by atoms with Crippen LogP contribution in [0.5, 0.6) is 0 Å². The molecule has 0 aliphatic carbocycles. The molecule has 1 aromatic rings. The van der Waals surface area contributed by atoms with Crippen molar-refractivity contribution in [3.05, 3.63) is 28.8 Å². The van der Waals surface area contributed by atoms with E-state index in [-0.39, 0.29) is 6.03 Å². The number of benzene rings is 1. The fourth-order valence-electron chi connectivity index (χ4n) is 2.34. The summed E-state index contributed by atoms with van der Waals surface area (Å²) in [5.74, 6) is 0.528. The Kier molecular flexibility index (Phi) is 5.26. The molecule has 1 saturated heterocycles. The van der Waals surface area contributed by atoms with Gasteiger partial charge >= 0.3 is 6.03 Å². The summed E-state index contributed by atoms with van der Waals surface area (Å²) in [6.45, 7) is 4.31. The number of amides is 2. The highest BCUT2D eigenvalue weighted by Crippen LogP contribution is 2.21. The van der Waals surface area contributed by atoms with Gasteiger partial charge in [0, 0.05) is 37.5 Å². The number of carbonyl (C=O) groups excluding carboxylic acids is 1. The maximum atomic E-state index is 12.2. The third kappa shape index (κ3) is 4.12. The van der Waals surface area contributed by atoms with E-state index in [0.717, 1.165) is 43.9 Å². The van der Waals surface area contributed by atoms with E-state index in [9.17, 15) is 4.79 Å². The number of ether oxygens (including phenoxy) is 1. The van der Waals surface area contributed by atoms with Gasteiger partial charge in [0.2, 0.25) is 0 Å². The van der Waals surface area contributed by atoms with E-state index < -0.39 is 0 Å². The van der Waals surface area contributed by atoms with Crippen LogP contribution in [0.3, 0.4) is 0 Å². The number of anilines is 1. The normalized spacial score (nSPS) is 15.9. The summed E-state index contributed by atoms with van der Waals surface area (Å²) in [5.41, 5.74) is 1.77. The number of halogens is 1. The molecule has 0 unspecified atom stereocenters. The Labute approximate surface area is 125 Å². The summed E-state index contributed by atoms with van der Waals surface area (Å²) in [6, 6.07) is 5.40. The lowest BCUT2D eigenvalue weighted by Crippen LogP contribution is -2.37. The lowest BCUT2D eigenvalue weighted by atomic mass is 10.00. The molecule has 0 aromatic heterocycles. The second kappa shape index (κ2) is 6.95. The van der Waals surface area contributed by atoms with Crippen molar-refractivity contribution >= 4 is 23.3 Å². The predicted octanol–water partition coefficient (Wildman–Crippen LogP) is 3.54. The molecular weight excluding hydrogens is 276 g/mol. The van der Waals surface area contributed by atoms with Gasteiger partial charge in [0.25, 0.3) is 0 Å². The van der Waals surface area contributed by atoms with Crippen molar-refractivity contribution in [2.75, 3.05) is 32.1 Å². The van der Waals surface area contributed by atoms with E-state index in [1.807, 2.05) is 26.1 Å². The molecule has 2 rings (SSSR count). The average molecular weight is 297 g/mol. The van der Waals surface area contributed by atoms with Crippen LogP contribution in [0.4, 0.5) is 10.5 Å². The van der Waals surface area contributed by atoms with E-state index in [1.165, 1.54) is 0 Å². The molecule has 1 heterocycles. The highest BCUT2D eigenvalue weighted by molar-refractivity contribution is 6.31. The summed E-state index contributed by atoms with van der Waals surface area (Å²) in [5, 5.41) is 3.53. The predicted molar refractivity (Wildman–Crippen MR) is 81.4 cm³/mol. The standard InChI is InChI=1S/C15H21ClN2O2/c1-11-3-4-13(16)9-14(11)17-15(19)18(2)10-12-5-7-20-8-6-12/h3-4,9,12H,5-8,10H2,1-2H3,(H,17,19). The number of carbonyl (C=O) groups is 1. The van der Waals surface area contributed by atoms with Crippen LogP contribution in [0.15, 0.2) is 18.2 Å². The molecule has 1 N–H and O–H groups in total. The van der Waals surface area contributed by atoms with E-state index in [4.69, 9.17) is 16.3 Å². The molecule has 4 nitrogen and oxygen atoms in total. The Hall–Kier alpha value is -1.26. The number of nitrogens with zero attached hydrogens (tertiary/aromatic N) is 1. The van der Waals surface area contributed by atoms with Gasteiger partial charge in [-0.3, -0.25) is 0 Å². The van der Waals surface area contributed by atoms with E-state index >= 15 is 0 Å². The molecule has 1 fully saturated rings. The van der Waals surface area contributed by atoms with Crippen LogP contribution in [0, 0.1) is 12.8 Å². The monoisotopic (exact) mass is 296 g/mol. The third-order valence-corrected chi connectivity index (χ3v) is 3.90. The minimum Gasteiger partial charge on any atom is -0.381 e. The van der Waals surface area contributed by atoms with Crippen LogP contribution in [0.25, 0.3) is 0 Å². The van der Waals surface area contributed by atoms with Gasteiger partial charge in [0.1, 0.15) is 0 Å². The Balaban J connectivity index is 1.91. The molecule has 20 heavy (non-hydrogen) atoms. The van der Waals surface area contributed by atoms with Gasteiger partial charge in [-0.25, -0.2) is 4.79 Å². The number of rotatable bonds is 3. The van der Waals surface area contributed by atoms with Crippen LogP contribution >= 0.6 is 11.6 Å². The SMILES string of the molecule is Cc1ccc(Cl)cc1NC(=O)N(C)CC1CCOCC1. The molecule has 0 saturated carbocycles. The number of hydrogen-bond donors (Lipinski definition) is 1. The smallest absolute Gasteiger partial charge is 0.321 e. The van der Waals surface area contributed by atoms with Crippen molar-refractivity contribution in [1.82, 2.24) is 4.90 Å². The molecule has 110 valence electrons. The molecular formula is C15H21ClN2O2. The second-order valence-electron chi connectivity index (χ2n) is 5.33. The summed E-state index contributed by atoms with van der Waals surface area (Å²) in [6.07, 6.45) is 2.04. The molecule has 0 spiro atoms. The zero-order valence-electron chi connectivity index (χ0n) is 12.0. The molecule has 0 atom stereocenters. The molecule has 1 aromatic carbocycles. The zero-order chi connectivity index (χ0) is 14.5. The van der Waals surface area contributed by atoms with Crippen molar-refractivity contribution in [1.29, 1.82) is 0 Å². The second-order valence-corrected chi connectivity index (χ2v) is 5.76. The minimum atomic E-state index is -0.0955. The first-order valence-electron chi connectivity index (χ1n) is 6.92. The van der Waals surface area contributed by atoms with Gasteiger partial charge in [-0.1, -0.05) is 17.7 Å². The van der Waals surface area contributed by atoms with Crippen molar-refractivity contribution in [2.45, 2.75) is 19.8 Å². The van der Waals surface area contributed by atoms with Crippen LogP contribution in [-0.4, -0.2) is 37.7 Å². The average Bonchev–Trinajstić information content (AvgIpc) is 2.44. The van der Waals surface area contributed by atoms with E-state index in [2.05, 4.69) is 5.32 Å². The van der Waals surface area contributed by atoms with Gasteiger partial charge in [-0.15, -0.1) is 0 Å². The van der Waals surface area contributed by atoms with Gasteiger partial charge < -0.3 is 15.0 Å². The van der Waals surface area contributed by atoms with Crippen LogP contribution in [0.1, 0.15) is 18.4 Å².